The lowest BCUT2D eigenvalue weighted by atomic mass is 10.1. The van der Waals surface area contributed by atoms with E-state index in [4.69, 9.17) is 14.7 Å². The van der Waals surface area contributed by atoms with Crippen molar-refractivity contribution >= 4 is 17.5 Å². The number of ether oxygens (including phenoxy) is 2. The molecule has 0 N–H and O–H groups in total. The van der Waals surface area contributed by atoms with Crippen LogP contribution in [0.3, 0.4) is 0 Å². The topological polar surface area (TPSA) is 79.6 Å². The van der Waals surface area contributed by atoms with Gasteiger partial charge in [0.15, 0.2) is 0 Å². The molecule has 1 aliphatic heterocycles. The number of hydrogen-bond acceptors (Lipinski definition) is 5. The molecule has 1 saturated heterocycles. The van der Waals surface area contributed by atoms with E-state index in [1.807, 2.05) is 6.07 Å². The average Bonchev–Trinajstić information content (AvgIpc) is 2.38. The lowest BCUT2D eigenvalue weighted by Gasteiger charge is -2.26. The second-order valence-corrected chi connectivity index (χ2v) is 3.58. The molecule has 6 nitrogen and oxygen atoms in total. The van der Waals surface area contributed by atoms with Crippen LogP contribution >= 0.6 is 0 Å². The van der Waals surface area contributed by atoms with Crippen molar-refractivity contribution in [2.24, 2.45) is 0 Å². The number of nitrogens with zero attached hydrogens (tertiary/aromatic N) is 2. The summed E-state index contributed by atoms with van der Waals surface area (Å²) < 4.78 is 9.93. The van der Waals surface area contributed by atoms with Crippen LogP contribution in [-0.2, 0) is 14.3 Å². The fourth-order valence-electron chi connectivity index (χ4n) is 1.75. The first-order chi connectivity index (χ1) is 8.69. The van der Waals surface area contributed by atoms with Gasteiger partial charge in [0.05, 0.1) is 12.7 Å². The number of hydrogen-bond donors (Lipinski definition) is 0. The van der Waals surface area contributed by atoms with Crippen LogP contribution in [0.25, 0.3) is 0 Å². The zero-order valence-corrected chi connectivity index (χ0v) is 9.67. The van der Waals surface area contributed by atoms with Gasteiger partial charge in [-0.15, -0.1) is 0 Å². The van der Waals surface area contributed by atoms with Gasteiger partial charge in [-0.1, -0.05) is 6.07 Å². The standard InChI is InChI=1S/C12H10N2O4/c1-17-9-4-2-3-8(5-13)12(9)14-10(15)6-18-7-11(14)16/h2-4H,6-7H2,1H3. The highest BCUT2D eigenvalue weighted by atomic mass is 16.5. The Bertz CT molecular complexity index is 531. The summed E-state index contributed by atoms with van der Waals surface area (Å²) in [5, 5.41) is 9.06. The van der Waals surface area contributed by atoms with Crippen molar-refractivity contribution in [1.29, 1.82) is 5.26 Å². The number of anilines is 1. The molecule has 0 saturated carbocycles. The maximum atomic E-state index is 11.8. The number of carbonyl (C=O) groups excluding carboxylic acids is 2. The Hall–Kier alpha value is -2.39. The van der Waals surface area contributed by atoms with Gasteiger partial charge in [-0.25, -0.2) is 4.90 Å². The van der Waals surface area contributed by atoms with Crippen LogP contribution in [0.5, 0.6) is 5.75 Å². The lowest BCUT2D eigenvalue weighted by molar-refractivity contribution is -0.138. The summed E-state index contributed by atoms with van der Waals surface area (Å²) in [6, 6.07) is 6.67. The highest BCUT2D eigenvalue weighted by molar-refractivity contribution is 6.18. The van der Waals surface area contributed by atoms with Gasteiger partial charge in [0.25, 0.3) is 11.8 Å². The third-order valence-electron chi connectivity index (χ3n) is 2.51. The van der Waals surface area contributed by atoms with Gasteiger partial charge in [-0.05, 0) is 12.1 Å². The number of para-hydroxylation sites is 1. The van der Waals surface area contributed by atoms with Crippen LogP contribution in [0, 0.1) is 11.3 Å². The maximum absolute atomic E-state index is 11.8. The molecule has 0 radical (unpaired) electrons. The summed E-state index contributed by atoms with van der Waals surface area (Å²) in [6.07, 6.45) is 0. The van der Waals surface area contributed by atoms with Gasteiger partial charge in [0.2, 0.25) is 0 Å². The Morgan fingerprint density at radius 2 is 2.00 bits per heavy atom. The van der Waals surface area contributed by atoms with Crippen molar-refractivity contribution in [3.63, 3.8) is 0 Å². The van der Waals surface area contributed by atoms with E-state index in [-0.39, 0.29) is 24.5 Å². The second-order valence-electron chi connectivity index (χ2n) is 3.58. The van der Waals surface area contributed by atoms with E-state index < -0.39 is 11.8 Å². The van der Waals surface area contributed by atoms with Gasteiger partial charge in [-0.2, -0.15) is 5.26 Å². The molecular weight excluding hydrogens is 236 g/mol. The molecule has 0 aliphatic carbocycles. The third-order valence-corrected chi connectivity index (χ3v) is 2.51. The van der Waals surface area contributed by atoms with Crippen molar-refractivity contribution in [2.75, 3.05) is 25.2 Å². The fourth-order valence-corrected chi connectivity index (χ4v) is 1.75. The molecule has 0 atom stereocenters. The molecule has 1 heterocycles. The SMILES string of the molecule is COc1cccc(C#N)c1N1C(=O)COCC1=O. The van der Waals surface area contributed by atoms with Crippen molar-refractivity contribution < 1.29 is 19.1 Å². The van der Waals surface area contributed by atoms with Crippen LogP contribution in [0.2, 0.25) is 0 Å². The Kier molecular flexibility index (Phi) is 3.26. The first kappa shape index (κ1) is 12.1. The Morgan fingerprint density at radius 1 is 1.33 bits per heavy atom. The van der Waals surface area contributed by atoms with Crippen molar-refractivity contribution in [3.8, 4) is 11.8 Å². The molecule has 0 unspecified atom stereocenters. The van der Waals surface area contributed by atoms with Gasteiger partial charge in [0.1, 0.15) is 30.7 Å². The molecule has 0 aromatic heterocycles. The number of morpholine rings is 1. The minimum Gasteiger partial charge on any atom is -0.495 e. The molecule has 0 bridgehead atoms. The summed E-state index contributed by atoms with van der Waals surface area (Å²) in [4.78, 5) is 24.5. The molecule has 2 rings (SSSR count). The normalized spacial score (nSPS) is 15.4. The predicted molar refractivity (Wildman–Crippen MR) is 61.0 cm³/mol. The van der Waals surface area contributed by atoms with Crippen LogP contribution in [0.1, 0.15) is 5.56 Å². The van der Waals surface area contributed by atoms with Crippen LogP contribution in [0.15, 0.2) is 18.2 Å². The molecule has 92 valence electrons. The van der Waals surface area contributed by atoms with Crippen molar-refractivity contribution in [2.45, 2.75) is 0 Å². The van der Waals surface area contributed by atoms with E-state index >= 15 is 0 Å². The van der Waals surface area contributed by atoms with Crippen LogP contribution in [-0.4, -0.2) is 32.1 Å². The Balaban J connectivity index is 2.58. The molecule has 2 amide bonds. The number of amides is 2. The molecule has 1 aliphatic rings. The van der Waals surface area contributed by atoms with E-state index in [1.54, 1.807) is 12.1 Å². The predicted octanol–water partition coefficient (Wildman–Crippen LogP) is 0.457. The zero-order chi connectivity index (χ0) is 13.1. The zero-order valence-electron chi connectivity index (χ0n) is 9.67. The van der Waals surface area contributed by atoms with Gasteiger partial charge < -0.3 is 9.47 Å². The van der Waals surface area contributed by atoms with E-state index in [9.17, 15) is 9.59 Å². The molecule has 0 spiro atoms. The minimum absolute atomic E-state index is 0.181. The number of carbonyl (C=O) groups is 2. The van der Waals surface area contributed by atoms with Gasteiger partial charge in [-0.3, -0.25) is 9.59 Å². The molecule has 1 aromatic rings. The summed E-state index contributed by atoms with van der Waals surface area (Å²) in [7, 11) is 1.41. The largest absolute Gasteiger partial charge is 0.495 e. The van der Waals surface area contributed by atoms with Crippen molar-refractivity contribution in [1.82, 2.24) is 0 Å². The van der Waals surface area contributed by atoms with E-state index in [2.05, 4.69) is 0 Å². The van der Waals surface area contributed by atoms with E-state index in [0.717, 1.165) is 4.90 Å². The summed E-state index contributed by atoms with van der Waals surface area (Å²) >= 11 is 0. The maximum Gasteiger partial charge on any atom is 0.260 e. The quantitative estimate of drug-likeness (QED) is 0.708. The third kappa shape index (κ3) is 1.92. The molecule has 18 heavy (non-hydrogen) atoms. The first-order valence-corrected chi connectivity index (χ1v) is 5.19. The summed E-state index contributed by atoms with van der Waals surface area (Å²) in [6.45, 7) is -0.372. The van der Waals surface area contributed by atoms with Crippen LogP contribution < -0.4 is 9.64 Å². The number of nitriles is 1. The smallest absolute Gasteiger partial charge is 0.260 e. The Labute approximate surface area is 103 Å². The molecule has 1 fully saturated rings. The van der Waals surface area contributed by atoms with Gasteiger partial charge >= 0.3 is 0 Å². The van der Waals surface area contributed by atoms with E-state index in [0.29, 0.717) is 5.75 Å². The van der Waals surface area contributed by atoms with Gasteiger partial charge in [0, 0.05) is 0 Å². The Morgan fingerprint density at radius 3 is 2.56 bits per heavy atom. The molecular formula is C12H10N2O4. The highest BCUT2D eigenvalue weighted by Gasteiger charge is 2.32. The highest BCUT2D eigenvalue weighted by Crippen LogP contribution is 2.32. The van der Waals surface area contributed by atoms with Crippen molar-refractivity contribution in [3.05, 3.63) is 23.8 Å². The number of methoxy groups -OCH3 is 1. The van der Waals surface area contributed by atoms with Crippen LogP contribution in [0.4, 0.5) is 5.69 Å². The average molecular weight is 246 g/mol. The number of benzene rings is 1. The fraction of sp³-hybridized carbons (Fsp3) is 0.250. The number of imide groups is 1. The lowest BCUT2D eigenvalue weighted by Crippen LogP contribution is -2.46. The summed E-state index contributed by atoms with van der Waals surface area (Å²) in [5.41, 5.74) is 0.388. The molecule has 6 heteroatoms. The number of rotatable bonds is 2. The monoisotopic (exact) mass is 246 g/mol. The second kappa shape index (κ2) is 4.85. The summed E-state index contributed by atoms with van der Waals surface area (Å²) in [5.74, 6) is -0.711. The van der Waals surface area contributed by atoms with E-state index in [1.165, 1.54) is 13.2 Å². The minimum atomic E-state index is -0.507. The first-order valence-electron chi connectivity index (χ1n) is 5.19. The molecule has 1 aromatic carbocycles.